The van der Waals surface area contributed by atoms with E-state index in [9.17, 15) is 0 Å². The number of hydrogen-bond donors (Lipinski definition) is 0. The summed E-state index contributed by atoms with van der Waals surface area (Å²) in [4.78, 5) is 2.48. The van der Waals surface area contributed by atoms with Crippen molar-refractivity contribution in [2.24, 2.45) is 0 Å². The van der Waals surface area contributed by atoms with Crippen LogP contribution in [-0.4, -0.2) is 24.0 Å². The molecular weight excluding hydrogens is 158 g/mol. The van der Waals surface area contributed by atoms with E-state index in [0.717, 1.165) is 0 Å². The minimum atomic E-state index is 0.609. The fourth-order valence-corrected chi connectivity index (χ4v) is 1.98. The Morgan fingerprint density at radius 1 is 1.62 bits per heavy atom. The van der Waals surface area contributed by atoms with E-state index in [4.69, 9.17) is 0 Å². The maximum Gasteiger partial charge on any atom is 0.0284 e. The number of hydrogen-bond acceptors (Lipinski definition) is 1. The van der Waals surface area contributed by atoms with Gasteiger partial charge in [-0.1, -0.05) is 31.2 Å². The number of nitrogens with zero attached hydrogens (tertiary/aromatic N) is 1. The summed E-state index contributed by atoms with van der Waals surface area (Å²) in [6, 6.07) is 1.28. The van der Waals surface area contributed by atoms with Gasteiger partial charge in [0.05, 0.1) is 0 Å². The molecule has 1 rings (SSSR count). The highest BCUT2D eigenvalue weighted by Crippen LogP contribution is 2.18. The third-order valence-corrected chi connectivity index (χ3v) is 2.87. The first kappa shape index (κ1) is 10.5. The molecule has 0 aromatic rings. The molecule has 1 aliphatic carbocycles. The lowest BCUT2D eigenvalue weighted by atomic mass is 10.1. The van der Waals surface area contributed by atoms with Crippen LogP contribution in [0.25, 0.3) is 0 Å². The Kier molecular flexibility index (Phi) is 4.23. The largest absolute Gasteiger partial charge is 0.294 e. The van der Waals surface area contributed by atoms with Gasteiger partial charge in [0.25, 0.3) is 0 Å². The molecule has 0 aliphatic heterocycles. The molecule has 2 atom stereocenters. The number of likely N-dealkylation sites (N-methyl/N-ethyl adjacent to an activating group) is 1. The average molecular weight is 179 g/mol. The maximum atomic E-state index is 2.48. The van der Waals surface area contributed by atoms with Crippen molar-refractivity contribution in [3.05, 3.63) is 24.3 Å². The second-order valence-electron chi connectivity index (χ2n) is 3.74. The van der Waals surface area contributed by atoms with Crippen molar-refractivity contribution >= 4 is 0 Å². The van der Waals surface area contributed by atoms with Crippen LogP contribution in [0.5, 0.6) is 0 Å². The lowest BCUT2D eigenvalue weighted by Crippen LogP contribution is -2.36. The molecule has 13 heavy (non-hydrogen) atoms. The van der Waals surface area contributed by atoms with Crippen molar-refractivity contribution < 1.29 is 0 Å². The molecule has 0 amide bonds. The molecular formula is C12H21N. The molecule has 1 heteroatoms. The summed E-state index contributed by atoms with van der Waals surface area (Å²) in [5, 5.41) is 0. The van der Waals surface area contributed by atoms with Crippen LogP contribution in [0, 0.1) is 0 Å². The number of allylic oxidation sites excluding steroid dienone is 2. The molecule has 1 aliphatic rings. The Morgan fingerprint density at radius 2 is 2.38 bits per heavy atom. The molecule has 0 saturated carbocycles. The summed E-state index contributed by atoms with van der Waals surface area (Å²) in [7, 11) is 2.23. The van der Waals surface area contributed by atoms with Crippen LogP contribution in [0.4, 0.5) is 0 Å². The van der Waals surface area contributed by atoms with E-state index >= 15 is 0 Å². The van der Waals surface area contributed by atoms with Crippen molar-refractivity contribution in [1.29, 1.82) is 0 Å². The predicted molar refractivity (Wildman–Crippen MR) is 58.8 cm³/mol. The summed E-state index contributed by atoms with van der Waals surface area (Å²) in [6.07, 6.45) is 12.8. The van der Waals surface area contributed by atoms with E-state index in [-0.39, 0.29) is 0 Å². The summed E-state index contributed by atoms with van der Waals surface area (Å²) >= 11 is 0. The van der Waals surface area contributed by atoms with Crippen LogP contribution in [0.1, 0.15) is 33.1 Å². The quantitative estimate of drug-likeness (QED) is 0.600. The van der Waals surface area contributed by atoms with Crippen molar-refractivity contribution in [2.45, 2.75) is 45.2 Å². The minimum absolute atomic E-state index is 0.609. The summed E-state index contributed by atoms with van der Waals surface area (Å²) < 4.78 is 0. The second-order valence-corrected chi connectivity index (χ2v) is 3.74. The van der Waals surface area contributed by atoms with Gasteiger partial charge in [0.15, 0.2) is 0 Å². The molecule has 0 aromatic heterocycles. The molecule has 0 radical (unpaired) electrons. The highest BCUT2D eigenvalue weighted by Gasteiger charge is 2.19. The van der Waals surface area contributed by atoms with Gasteiger partial charge in [0.1, 0.15) is 0 Å². The molecule has 0 aromatic carbocycles. The van der Waals surface area contributed by atoms with E-state index in [2.05, 4.69) is 50.1 Å². The highest BCUT2D eigenvalue weighted by atomic mass is 15.2. The van der Waals surface area contributed by atoms with Gasteiger partial charge < -0.3 is 0 Å². The van der Waals surface area contributed by atoms with Gasteiger partial charge in [0, 0.05) is 12.1 Å². The van der Waals surface area contributed by atoms with Crippen LogP contribution < -0.4 is 0 Å². The Bertz CT molecular complexity index is 193. The van der Waals surface area contributed by atoms with E-state index in [1.165, 1.54) is 19.3 Å². The fraction of sp³-hybridized carbons (Fsp3) is 0.667. The van der Waals surface area contributed by atoms with Gasteiger partial charge >= 0.3 is 0 Å². The van der Waals surface area contributed by atoms with Crippen LogP contribution in [-0.2, 0) is 0 Å². The third kappa shape index (κ3) is 2.70. The topological polar surface area (TPSA) is 3.24 Å². The van der Waals surface area contributed by atoms with Gasteiger partial charge in [0.2, 0.25) is 0 Å². The monoisotopic (exact) mass is 179 g/mol. The Morgan fingerprint density at radius 3 is 2.85 bits per heavy atom. The van der Waals surface area contributed by atoms with Crippen LogP contribution in [0.15, 0.2) is 24.3 Å². The van der Waals surface area contributed by atoms with Gasteiger partial charge in [-0.2, -0.15) is 0 Å². The number of rotatable bonds is 4. The van der Waals surface area contributed by atoms with E-state index in [0.29, 0.717) is 12.1 Å². The normalized spacial score (nSPS) is 24.8. The lowest BCUT2D eigenvalue weighted by Gasteiger charge is -2.29. The molecule has 0 N–H and O–H groups in total. The SMILES string of the molecule is C/C=C\C(CC)N(C)C1C=CCC1. The molecule has 1 nitrogen and oxygen atoms in total. The van der Waals surface area contributed by atoms with Crippen molar-refractivity contribution in [3.8, 4) is 0 Å². The molecule has 0 heterocycles. The third-order valence-electron chi connectivity index (χ3n) is 2.87. The van der Waals surface area contributed by atoms with E-state index in [1.807, 2.05) is 0 Å². The molecule has 0 bridgehead atoms. The van der Waals surface area contributed by atoms with Crippen molar-refractivity contribution in [1.82, 2.24) is 4.90 Å². The van der Waals surface area contributed by atoms with Crippen molar-refractivity contribution in [2.75, 3.05) is 7.05 Å². The van der Waals surface area contributed by atoms with E-state index < -0.39 is 0 Å². The Balaban J connectivity index is 2.52. The minimum Gasteiger partial charge on any atom is -0.294 e. The Hall–Kier alpha value is -0.560. The van der Waals surface area contributed by atoms with E-state index in [1.54, 1.807) is 0 Å². The maximum absolute atomic E-state index is 2.48. The van der Waals surface area contributed by atoms with Crippen LogP contribution >= 0.6 is 0 Å². The molecule has 74 valence electrons. The fourth-order valence-electron chi connectivity index (χ4n) is 1.98. The zero-order valence-corrected chi connectivity index (χ0v) is 9.03. The zero-order valence-electron chi connectivity index (χ0n) is 9.03. The van der Waals surface area contributed by atoms with Gasteiger partial charge in [-0.25, -0.2) is 0 Å². The van der Waals surface area contributed by atoms with Crippen molar-refractivity contribution in [3.63, 3.8) is 0 Å². The molecule has 0 fully saturated rings. The molecule has 0 spiro atoms. The molecule has 2 unspecified atom stereocenters. The summed E-state index contributed by atoms with van der Waals surface area (Å²) in [5.41, 5.74) is 0. The van der Waals surface area contributed by atoms with Crippen LogP contribution in [0.2, 0.25) is 0 Å². The smallest absolute Gasteiger partial charge is 0.0284 e. The zero-order chi connectivity index (χ0) is 9.68. The van der Waals surface area contributed by atoms with Crippen LogP contribution in [0.3, 0.4) is 0 Å². The summed E-state index contributed by atoms with van der Waals surface area (Å²) in [5.74, 6) is 0. The predicted octanol–water partition coefficient (Wildman–Crippen LogP) is 2.99. The molecule has 0 saturated heterocycles. The Labute approximate surface area is 82.1 Å². The second kappa shape index (κ2) is 5.23. The lowest BCUT2D eigenvalue weighted by molar-refractivity contribution is 0.229. The average Bonchev–Trinajstić information content (AvgIpc) is 2.65. The first-order valence-corrected chi connectivity index (χ1v) is 5.31. The first-order chi connectivity index (χ1) is 6.29. The van der Waals surface area contributed by atoms with Gasteiger partial charge in [-0.05, 0) is 33.2 Å². The van der Waals surface area contributed by atoms with Gasteiger partial charge in [-0.3, -0.25) is 4.90 Å². The first-order valence-electron chi connectivity index (χ1n) is 5.31. The standard InChI is InChI=1S/C12H21N/c1-4-8-11(5-2)13(3)12-9-6-7-10-12/h4,6,8-9,11-12H,5,7,10H2,1-3H3/b8-4-. The summed E-state index contributed by atoms with van der Waals surface area (Å²) in [6.45, 7) is 4.35. The highest BCUT2D eigenvalue weighted by molar-refractivity contribution is 5.04. The van der Waals surface area contributed by atoms with Gasteiger partial charge in [-0.15, -0.1) is 0 Å².